The summed E-state index contributed by atoms with van der Waals surface area (Å²) >= 11 is 7.67. The molecule has 0 saturated heterocycles. The molecule has 1 aromatic carbocycles. The first-order chi connectivity index (χ1) is 10.5. The van der Waals surface area contributed by atoms with E-state index < -0.39 is 5.60 Å². The minimum Gasteiger partial charge on any atom is -0.383 e. The Kier molecular flexibility index (Phi) is 4.48. The van der Waals surface area contributed by atoms with Gasteiger partial charge in [0.1, 0.15) is 11.9 Å². The van der Waals surface area contributed by atoms with Crippen LogP contribution in [-0.4, -0.2) is 26.1 Å². The Morgan fingerprint density at radius 2 is 2.27 bits per heavy atom. The van der Waals surface area contributed by atoms with Gasteiger partial charge in [-0.05, 0) is 48.6 Å². The fourth-order valence-electron chi connectivity index (χ4n) is 2.99. The van der Waals surface area contributed by atoms with Crippen molar-refractivity contribution in [2.24, 2.45) is 11.8 Å². The fourth-order valence-corrected chi connectivity index (χ4v) is 3.66. The predicted octanol–water partition coefficient (Wildman–Crippen LogP) is 3.59. The van der Waals surface area contributed by atoms with E-state index in [0.29, 0.717) is 17.5 Å². The van der Waals surface area contributed by atoms with Crippen LogP contribution in [0.4, 0.5) is 0 Å². The Balaban J connectivity index is 1.99. The zero-order valence-electron chi connectivity index (χ0n) is 12.7. The molecule has 1 saturated carbocycles. The van der Waals surface area contributed by atoms with Crippen molar-refractivity contribution in [2.75, 3.05) is 6.26 Å². The van der Waals surface area contributed by atoms with Gasteiger partial charge in [0, 0.05) is 5.02 Å². The molecule has 0 amide bonds. The van der Waals surface area contributed by atoms with Crippen LogP contribution in [0.2, 0.25) is 5.02 Å². The van der Waals surface area contributed by atoms with Crippen molar-refractivity contribution < 1.29 is 5.11 Å². The minimum absolute atomic E-state index is 0.143. The molecule has 1 N–H and O–H groups in total. The van der Waals surface area contributed by atoms with Crippen LogP contribution < -0.4 is 0 Å². The van der Waals surface area contributed by atoms with Gasteiger partial charge >= 0.3 is 0 Å². The van der Waals surface area contributed by atoms with Crippen molar-refractivity contribution in [3.05, 3.63) is 41.2 Å². The molecule has 1 heterocycles. The Bertz CT molecular complexity index is 658. The highest BCUT2D eigenvalue weighted by atomic mass is 35.5. The summed E-state index contributed by atoms with van der Waals surface area (Å²) in [6, 6.07) is 7.52. The molecule has 0 radical (unpaired) electrons. The van der Waals surface area contributed by atoms with Crippen LogP contribution in [0.15, 0.2) is 35.7 Å². The van der Waals surface area contributed by atoms with E-state index in [4.69, 9.17) is 11.6 Å². The monoisotopic (exact) mass is 337 g/mol. The van der Waals surface area contributed by atoms with E-state index >= 15 is 0 Å². The van der Waals surface area contributed by atoms with Crippen LogP contribution in [0.1, 0.15) is 25.3 Å². The van der Waals surface area contributed by atoms with Crippen LogP contribution in [0, 0.1) is 11.8 Å². The van der Waals surface area contributed by atoms with Gasteiger partial charge in [0.15, 0.2) is 5.16 Å². The van der Waals surface area contributed by atoms with E-state index in [1.165, 1.54) is 30.9 Å². The maximum atomic E-state index is 11.5. The second-order valence-electron chi connectivity index (χ2n) is 5.97. The lowest BCUT2D eigenvalue weighted by molar-refractivity contribution is -0.0462. The first-order valence-corrected chi connectivity index (χ1v) is 9.05. The van der Waals surface area contributed by atoms with E-state index in [1.807, 2.05) is 30.5 Å². The Morgan fingerprint density at radius 1 is 1.50 bits per heavy atom. The topological polar surface area (TPSA) is 50.9 Å². The summed E-state index contributed by atoms with van der Waals surface area (Å²) in [6.07, 6.45) is 5.85. The summed E-state index contributed by atoms with van der Waals surface area (Å²) in [5, 5.41) is 17.2. The van der Waals surface area contributed by atoms with E-state index in [9.17, 15) is 5.11 Å². The molecule has 0 spiro atoms. The van der Waals surface area contributed by atoms with Gasteiger partial charge in [-0.15, -0.1) is 0 Å². The number of nitrogens with zero attached hydrogens (tertiary/aromatic N) is 3. The maximum absolute atomic E-state index is 11.5. The molecule has 1 aromatic heterocycles. The number of aliphatic hydroxyl groups is 1. The molecule has 4 nitrogen and oxygen atoms in total. The van der Waals surface area contributed by atoms with Gasteiger partial charge in [0.05, 0.1) is 6.54 Å². The van der Waals surface area contributed by atoms with Crippen molar-refractivity contribution in [3.8, 4) is 0 Å². The lowest BCUT2D eigenvalue weighted by Crippen LogP contribution is -2.39. The maximum Gasteiger partial charge on any atom is 0.185 e. The van der Waals surface area contributed by atoms with Crippen LogP contribution in [0.5, 0.6) is 0 Å². The Hall–Kier alpha value is -1.04. The number of hydrogen-bond acceptors (Lipinski definition) is 4. The van der Waals surface area contributed by atoms with Gasteiger partial charge in [-0.1, -0.05) is 42.4 Å². The second-order valence-corrected chi connectivity index (χ2v) is 7.17. The highest BCUT2D eigenvalue weighted by Gasteiger charge is 2.44. The third-order valence-electron chi connectivity index (χ3n) is 4.56. The molecule has 6 heteroatoms. The molecule has 2 unspecified atom stereocenters. The molecule has 0 bridgehead atoms. The Morgan fingerprint density at radius 3 is 2.91 bits per heavy atom. The van der Waals surface area contributed by atoms with Crippen molar-refractivity contribution in [3.63, 3.8) is 0 Å². The number of halogens is 1. The average molecular weight is 338 g/mol. The molecule has 22 heavy (non-hydrogen) atoms. The highest BCUT2D eigenvalue weighted by Crippen LogP contribution is 2.47. The summed E-state index contributed by atoms with van der Waals surface area (Å²) < 4.78 is 1.78. The molecule has 118 valence electrons. The number of benzene rings is 1. The molecule has 1 aliphatic carbocycles. The first-order valence-electron chi connectivity index (χ1n) is 7.45. The smallest absolute Gasteiger partial charge is 0.185 e. The number of rotatable bonds is 6. The van der Waals surface area contributed by atoms with E-state index in [1.54, 1.807) is 4.68 Å². The third kappa shape index (κ3) is 3.03. The summed E-state index contributed by atoms with van der Waals surface area (Å²) in [5.74, 6) is 0.704. The van der Waals surface area contributed by atoms with Crippen LogP contribution in [0.25, 0.3) is 0 Å². The number of hydrogen-bond donors (Lipinski definition) is 1. The molecular weight excluding hydrogens is 318 g/mol. The molecule has 1 aliphatic rings. The SMILES string of the molecule is CSc1ncnn1CC(O)(c1cccc(Cl)c1)C(C)C1CC1. The third-order valence-corrected chi connectivity index (χ3v) is 5.48. The fraction of sp³-hybridized carbons (Fsp3) is 0.500. The molecule has 0 aliphatic heterocycles. The quantitative estimate of drug-likeness (QED) is 0.818. The van der Waals surface area contributed by atoms with E-state index in [0.717, 1.165) is 10.7 Å². The normalized spacial score (nSPS) is 18.9. The van der Waals surface area contributed by atoms with E-state index in [2.05, 4.69) is 17.0 Å². The summed E-state index contributed by atoms with van der Waals surface area (Å²) in [5.41, 5.74) is -0.147. The Labute approximate surface area is 139 Å². The second kappa shape index (κ2) is 6.22. The van der Waals surface area contributed by atoms with E-state index in [-0.39, 0.29) is 5.92 Å². The van der Waals surface area contributed by atoms with Crippen molar-refractivity contribution in [1.82, 2.24) is 14.8 Å². The summed E-state index contributed by atoms with van der Waals surface area (Å²) in [7, 11) is 0. The first kappa shape index (κ1) is 15.8. The van der Waals surface area contributed by atoms with Crippen molar-refractivity contribution >= 4 is 23.4 Å². The molecule has 2 aromatic rings. The zero-order chi connectivity index (χ0) is 15.7. The largest absolute Gasteiger partial charge is 0.383 e. The lowest BCUT2D eigenvalue weighted by Gasteiger charge is -2.35. The average Bonchev–Trinajstić information content (AvgIpc) is 3.26. The molecule has 2 atom stereocenters. The van der Waals surface area contributed by atoms with Crippen molar-refractivity contribution in [2.45, 2.75) is 37.1 Å². The van der Waals surface area contributed by atoms with Gasteiger partial charge in [-0.3, -0.25) is 0 Å². The molecule has 3 rings (SSSR count). The predicted molar refractivity (Wildman–Crippen MR) is 89.0 cm³/mol. The van der Waals surface area contributed by atoms with Gasteiger partial charge in [-0.2, -0.15) is 5.10 Å². The number of thioether (sulfide) groups is 1. The van der Waals surface area contributed by atoms with Gasteiger partial charge in [0.25, 0.3) is 0 Å². The summed E-state index contributed by atoms with van der Waals surface area (Å²) in [4.78, 5) is 4.23. The number of aromatic nitrogens is 3. The van der Waals surface area contributed by atoms with Crippen LogP contribution in [-0.2, 0) is 12.1 Å². The van der Waals surface area contributed by atoms with Crippen molar-refractivity contribution in [1.29, 1.82) is 0 Å². The van der Waals surface area contributed by atoms with Gasteiger partial charge < -0.3 is 5.11 Å². The minimum atomic E-state index is -0.996. The highest BCUT2D eigenvalue weighted by molar-refractivity contribution is 7.98. The van der Waals surface area contributed by atoms with Gasteiger partial charge in [-0.25, -0.2) is 9.67 Å². The van der Waals surface area contributed by atoms with Crippen LogP contribution >= 0.6 is 23.4 Å². The summed E-state index contributed by atoms with van der Waals surface area (Å²) in [6.45, 7) is 2.51. The standard InChI is InChI=1S/C16H20ClN3OS/c1-11(12-6-7-12)16(21,13-4-3-5-14(17)8-13)9-20-15(22-2)18-10-19-20/h3-5,8,10-12,21H,6-7,9H2,1-2H3. The molecule has 1 fully saturated rings. The zero-order valence-corrected chi connectivity index (χ0v) is 14.3. The molecular formula is C16H20ClN3OS. The lowest BCUT2D eigenvalue weighted by atomic mass is 9.79. The van der Waals surface area contributed by atoms with Gasteiger partial charge in [0.2, 0.25) is 0 Å². The van der Waals surface area contributed by atoms with Crippen LogP contribution in [0.3, 0.4) is 0 Å².